The highest BCUT2D eigenvalue weighted by Gasteiger charge is 2.12. The maximum absolute atomic E-state index is 14.0. The van der Waals surface area contributed by atoms with Gasteiger partial charge >= 0.3 is 0 Å². The van der Waals surface area contributed by atoms with E-state index in [9.17, 15) is 9.18 Å². The molecule has 2 heterocycles. The maximum Gasteiger partial charge on any atom is 0.191 e. The van der Waals surface area contributed by atoms with Gasteiger partial charge in [0.25, 0.3) is 0 Å². The molecule has 0 aliphatic heterocycles. The van der Waals surface area contributed by atoms with Gasteiger partial charge in [0.2, 0.25) is 0 Å². The fraction of sp³-hybridized carbons (Fsp3) is 0.0667. The first kappa shape index (κ1) is 13.5. The van der Waals surface area contributed by atoms with Crippen LogP contribution in [0.25, 0.3) is 16.9 Å². The minimum absolute atomic E-state index is 0.162. The van der Waals surface area contributed by atoms with Gasteiger partial charge in [-0.2, -0.15) is 0 Å². The van der Waals surface area contributed by atoms with Crippen LogP contribution in [0.3, 0.4) is 0 Å². The summed E-state index contributed by atoms with van der Waals surface area (Å²) in [6.45, 7) is 1.76. The van der Waals surface area contributed by atoms with E-state index in [0.29, 0.717) is 27.8 Å². The molecule has 1 aromatic carbocycles. The van der Waals surface area contributed by atoms with Crippen LogP contribution in [0.5, 0.6) is 0 Å². The van der Waals surface area contributed by atoms with Crippen molar-refractivity contribution in [1.29, 1.82) is 0 Å². The Balaban J connectivity index is 2.24. The van der Waals surface area contributed by atoms with Crippen molar-refractivity contribution in [2.45, 2.75) is 6.92 Å². The minimum atomic E-state index is -0.354. The monoisotopic (exact) mass is 301 g/mol. The second kappa shape index (κ2) is 5.14. The number of nitrogen functional groups attached to an aromatic ring is 1. The molecule has 0 saturated carbocycles. The van der Waals surface area contributed by atoms with Crippen LogP contribution in [0.1, 0.15) is 5.69 Å². The number of thiazole rings is 1. The highest BCUT2D eigenvalue weighted by molar-refractivity contribution is 7.13. The Morgan fingerprint density at radius 1 is 1.33 bits per heavy atom. The summed E-state index contributed by atoms with van der Waals surface area (Å²) in [4.78, 5) is 16.3. The average Bonchev–Trinajstić information content (AvgIpc) is 2.86. The number of hydrogen-bond donors (Lipinski definition) is 1. The summed E-state index contributed by atoms with van der Waals surface area (Å²) in [7, 11) is 0. The van der Waals surface area contributed by atoms with E-state index in [1.54, 1.807) is 41.3 Å². The number of para-hydroxylation sites is 1. The molecule has 21 heavy (non-hydrogen) atoms. The number of nitrogens with zero attached hydrogens (tertiary/aromatic N) is 2. The summed E-state index contributed by atoms with van der Waals surface area (Å²) in [6.07, 6.45) is 1.60. The van der Waals surface area contributed by atoms with Gasteiger partial charge in [0.1, 0.15) is 5.82 Å². The Morgan fingerprint density at radius 2 is 2.10 bits per heavy atom. The van der Waals surface area contributed by atoms with Gasteiger partial charge in [-0.3, -0.25) is 4.79 Å². The summed E-state index contributed by atoms with van der Waals surface area (Å²) in [5.74, 6) is -0.354. The molecule has 4 nitrogen and oxygen atoms in total. The van der Waals surface area contributed by atoms with E-state index in [1.807, 2.05) is 0 Å². The van der Waals surface area contributed by atoms with Gasteiger partial charge in [0.05, 0.1) is 16.9 Å². The highest BCUT2D eigenvalue weighted by atomic mass is 32.1. The Labute approximate surface area is 124 Å². The van der Waals surface area contributed by atoms with Crippen LogP contribution >= 0.6 is 11.3 Å². The molecule has 3 aromatic rings. The summed E-state index contributed by atoms with van der Waals surface area (Å²) in [5, 5.41) is 2.11. The molecule has 106 valence electrons. The number of anilines is 1. The molecule has 0 amide bonds. The van der Waals surface area contributed by atoms with Crippen LogP contribution < -0.4 is 11.2 Å². The number of hydrogen-bond acceptors (Lipinski definition) is 4. The van der Waals surface area contributed by atoms with Crippen molar-refractivity contribution in [3.63, 3.8) is 0 Å². The van der Waals surface area contributed by atoms with Crippen LogP contribution in [0.2, 0.25) is 0 Å². The molecule has 0 atom stereocenters. The molecule has 0 aliphatic carbocycles. The second-order valence-electron chi connectivity index (χ2n) is 4.59. The zero-order chi connectivity index (χ0) is 15.0. The predicted octanol–water partition coefficient (Wildman–Crippen LogP) is 2.99. The molecular weight excluding hydrogens is 289 g/mol. The standard InChI is InChI=1S/C15H12FN3OS/c1-9-6-14(20)10(12-8-21-15(17)18-12)7-19(9)13-5-3-2-4-11(13)16/h2-8H,1H3,(H2,17,18). The number of halogens is 1. The van der Waals surface area contributed by atoms with E-state index in [0.717, 1.165) is 0 Å². The zero-order valence-corrected chi connectivity index (χ0v) is 12.0. The van der Waals surface area contributed by atoms with Crippen molar-refractivity contribution in [3.8, 4) is 16.9 Å². The molecule has 0 aliphatic rings. The van der Waals surface area contributed by atoms with Gasteiger partial charge in [0.15, 0.2) is 10.6 Å². The molecule has 0 radical (unpaired) electrons. The van der Waals surface area contributed by atoms with Gasteiger partial charge in [-0.15, -0.1) is 11.3 Å². The van der Waals surface area contributed by atoms with Crippen LogP contribution in [-0.2, 0) is 0 Å². The smallest absolute Gasteiger partial charge is 0.191 e. The van der Waals surface area contributed by atoms with Crippen molar-refractivity contribution >= 4 is 16.5 Å². The van der Waals surface area contributed by atoms with Crippen LogP contribution in [0, 0.1) is 12.7 Å². The summed E-state index contributed by atoms with van der Waals surface area (Å²) in [5.41, 5.74) is 7.39. The second-order valence-corrected chi connectivity index (χ2v) is 5.47. The Bertz CT molecular complexity index is 869. The first-order valence-corrected chi connectivity index (χ1v) is 7.14. The zero-order valence-electron chi connectivity index (χ0n) is 11.2. The van der Waals surface area contributed by atoms with E-state index in [-0.39, 0.29) is 11.2 Å². The van der Waals surface area contributed by atoms with Crippen molar-refractivity contribution < 1.29 is 4.39 Å². The largest absolute Gasteiger partial charge is 0.375 e. The van der Waals surface area contributed by atoms with E-state index in [1.165, 1.54) is 23.5 Å². The fourth-order valence-corrected chi connectivity index (χ4v) is 2.70. The molecule has 0 unspecified atom stereocenters. The van der Waals surface area contributed by atoms with Crippen LogP contribution in [0.4, 0.5) is 9.52 Å². The number of aryl methyl sites for hydroxylation is 1. The van der Waals surface area contributed by atoms with Gasteiger partial charge in [0, 0.05) is 23.3 Å². The highest BCUT2D eigenvalue weighted by Crippen LogP contribution is 2.22. The summed E-state index contributed by atoms with van der Waals surface area (Å²) < 4.78 is 15.6. The number of pyridine rings is 1. The third-order valence-electron chi connectivity index (χ3n) is 3.15. The number of nitrogens with two attached hydrogens (primary N) is 1. The molecule has 2 aromatic heterocycles. The lowest BCUT2D eigenvalue weighted by molar-refractivity contribution is 0.616. The molecule has 0 spiro atoms. The van der Waals surface area contributed by atoms with Crippen LogP contribution in [-0.4, -0.2) is 9.55 Å². The molecule has 0 saturated heterocycles. The van der Waals surface area contributed by atoms with E-state index < -0.39 is 0 Å². The van der Waals surface area contributed by atoms with E-state index in [2.05, 4.69) is 4.98 Å². The fourth-order valence-electron chi connectivity index (χ4n) is 2.14. The SMILES string of the molecule is Cc1cc(=O)c(-c2csc(N)n2)cn1-c1ccccc1F. The lowest BCUT2D eigenvalue weighted by Gasteiger charge is -2.12. The average molecular weight is 301 g/mol. The summed E-state index contributed by atoms with van der Waals surface area (Å²) in [6, 6.07) is 7.88. The number of rotatable bonds is 2. The molecule has 0 fully saturated rings. The van der Waals surface area contributed by atoms with Crippen molar-refractivity contribution in [2.24, 2.45) is 0 Å². The first-order valence-electron chi connectivity index (χ1n) is 6.26. The first-order chi connectivity index (χ1) is 10.1. The summed E-state index contributed by atoms with van der Waals surface area (Å²) >= 11 is 1.26. The molecular formula is C15H12FN3OS. The van der Waals surface area contributed by atoms with Gasteiger partial charge < -0.3 is 10.3 Å². The van der Waals surface area contributed by atoms with Crippen LogP contribution in [0.15, 0.2) is 46.7 Å². The quantitative estimate of drug-likeness (QED) is 0.791. The minimum Gasteiger partial charge on any atom is -0.375 e. The molecule has 2 N–H and O–H groups in total. The van der Waals surface area contributed by atoms with Gasteiger partial charge in [-0.05, 0) is 19.1 Å². The third kappa shape index (κ3) is 2.45. The molecule has 6 heteroatoms. The number of benzene rings is 1. The van der Waals surface area contributed by atoms with Gasteiger partial charge in [-0.25, -0.2) is 9.37 Å². The Morgan fingerprint density at radius 3 is 2.76 bits per heavy atom. The Kier molecular flexibility index (Phi) is 3.31. The van der Waals surface area contributed by atoms with E-state index in [4.69, 9.17) is 5.73 Å². The van der Waals surface area contributed by atoms with Crippen molar-refractivity contribution in [2.75, 3.05) is 5.73 Å². The normalized spacial score (nSPS) is 10.8. The predicted molar refractivity (Wildman–Crippen MR) is 82.3 cm³/mol. The van der Waals surface area contributed by atoms with Gasteiger partial charge in [-0.1, -0.05) is 12.1 Å². The Hall–Kier alpha value is -2.47. The molecule has 0 bridgehead atoms. The maximum atomic E-state index is 14.0. The lowest BCUT2D eigenvalue weighted by atomic mass is 10.2. The van der Waals surface area contributed by atoms with E-state index >= 15 is 0 Å². The topological polar surface area (TPSA) is 60.9 Å². The lowest BCUT2D eigenvalue weighted by Crippen LogP contribution is -2.12. The number of aromatic nitrogens is 2. The third-order valence-corrected chi connectivity index (χ3v) is 3.83. The van der Waals surface area contributed by atoms with Crippen molar-refractivity contribution in [1.82, 2.24) is 9.55 Å². The van der Waals surface area contributed by atoms with Crippen molar-refractivity contribution in [3.05, 3.63) is 63.6 Å². The molecule has 3 rings (SSSR count).